The maximum absolute atomic E-state index is 12.2. The largest absolute Gasteiger partial charge is 0.368 e. The standard InChI is InChI=1S/C25H29N7O2/c33-32(34)23-24(30-13-11-28(12-14-30)19-21-7-3-1-4-8-21)26-20-27-25(23)31-17-15-29(16-18-31)22-9-5-2-6-10-22/h1-10,20H,11-19H2. The van der Waals surface area contributed by atoms with E-state index in [1.807, 2.05) is 34.1 Å². The molecule has 5 rings (SSSR count). The van der Waals surface area contributed by atoms with Crippen LogP contribution in [0.25, 0.3) is 0 Å². The van der Waals surface area contributed by atoms with Crippen molar-refractivity contribution < 1.29 is 4.92 Å². The third kappa shape index (κ3) is 4.79. The molecule has 9 nitrogen and oxygen atoms in total. The van der Waals surface area contributed by atoms with E-state index in [9.17, 15) is 10.1 Å². The Balaban J connectivity index is 1.28. The average Bonchev–Trinajstić information content (AvgIpc) is 2.90. The van der Waals surface area contributed by atoms with E-state index < -0.39 is 0 Å². The third-order valence-electron chi connectivity index (χ3n) is 6.59. The lowest BCUT2D eigenvalue weighted by Gasteiger charge is -2.37. The van der Waals surface area contributed by atoms with Crippen LogP contribution in [0.5, 0.6) is 0 Å². The Hall–Kier alpha value is -3.72. The summed E-state index contributed by atoms with van der Waals surface area (Å²) in [6.07, 6.45) is 1.47. The Morgan fingerprint density at radius 3 is 1.76 bits per heavy atom. The van der Waals surface area contributed by atoms with Crippen molar-refractivity contribution in [2.75, 3.05) is 67.1 Å². The number of piperazine rings is 2. The van der Waals surface area contributed by atoms with Gasteiger partial charge >= 0.3 is 5.69 Å². The molecule has 2 aromatic carbocycles. The number of anilines is 3. The number of benzene rings is 2. The summed E-state index contributed by atoms with van der Waals surface area (Å²) in [5, 5.41) is 12.2. The summed E-state index contributed by atoms with van der Waals surface area (Å²) >= 11 is 0. The average molecular weight is 460 g/mol. The second-order valence-electron chi connectivity index (χ2n) is 8.69. The van der Waals surface area contributed by atoms with Crippen molar-refractivity contribution in [2.24, 2.45) is 0 Å². The van der Waals surface area contributed by atoms with E-state index in [1.54, 1.807) is 0 Å². The third-order valence-corrected chi connectivity index (χ3v) is 6.59. The molecule has 176 valence electrons. The van der Waals surface area contributed by atoms with Gasteiger partial charge in [0.15, 0.2) is 0 Å². The second kappa shape index (κ2) is 10.0. The smallest absolute Gasteiger partial charge is 0.353 e. The first-order valence-electron chi connectivity index (χ1n) is 11.7. The summed E-state index contributed by atoms with van der Waals surface area (Å²) in [5.41, 5.74) is 2.47. The van der Waals surface area contributed by atoms with Gasteiger partial charge in [-0.1, -0.05) is 48.5 Å². The zero-order valence-electron chi connectivity index (χ0n) is 19.2. The minimum Gasteiger partial charge on any atom is -0.368 e. The number of aromatic nitrogens is 2. The van der Waals surface area contributed by atoms with Gasteiger partial charge in [0.1, 0.15) is 6.33 Å². The molecule has 0 bridgehead atoms. The molecule has 0 atom stereocenters. The molecule has 0 saturated carbocycles. The van der Waals surface area contributed by atoms with Gasteiger partial charge in [-0.2, -0.15) is 0 Å². The lowest BCUT2D eigenvalue weighted by molar-refractivity contribution is -0.383. The predicted octanol–water partition coefficient (Wildman–Crippen LogP) is 3.03. The first-order chi connectivity index (χ1) is 16.7. The van der Waals surface area contributed by atoms with Gasteiger partial charge in [-0.15, -0.1) is 0 Å². The van der Waals surface area contributed by atoms with Crippen molar-refractivity contribution in [3.63, 3.8) is 0 Å². The first kappa shape index (κ1) is 22.1. The number of rotatable bonds is 6. The van der Waals surface area contributed by atoms with Crippen molar-refractivity contribution in [1.82, 2.24) is 14.9 Å². The van der Waals surface area contributed by atoms with Crippen LogP contribution in [0.2, 0.25) is 0 Å². The SMILES string of the molecule is O=[N+]([O-])c1c(N2CCN(Cc3ccccc3)CC2)ncnc1N1CCN(c2ccccc2)CC1. The van der Waals surface area contributed by atoms with Crippen molar-refractivity contribution in [3.05, 3.63) is 82.7 Å². The van der Waals surface area contributed by atoms with E-state index in [2.05, 4.69) is 56.2 Å². The molecule has 1 aromatic heterocycles. The summed E-state index contributed by atoms with van der Waals surface area (Å²) in [6.45, 7) is 6.89. The molecule has 0 unspecified atom stereocenters. The summed E-state index contributed by atoms with van der Waals surface area (Å²) in [4.78, 5) is 29.3. The topological polar surface area (TPSA) is 81.9 Å². The van der Waals surface area contributed by atoms with Crippen LogP contribution in [0.1, 0.15) is 5.56 Å². The molecule has 3 aromatic rings. The molecule has 2 aliphatic heterocycles. The first-order valence-corrected chi connectivity index (χ1v) is 11.7. The molecule has 2 saturated heterocycles. The van der Waals surface area contributed by atoms with Gasteiger partial charge in [0.25, 0.3) is 0 Å². The molecule has 3 heterocycles. The maximum atomic E-state index is 12.2. The molecular formula is C25H29N7O2. The van der Waals surface area contributed by atoms with Crippen LogP contribution in [0, 0.1) is 10.1 Å². The van der Waals surface area contributed by atoms with Gasteiger partial charge in [0.2, 0.25) is 11.6 Å². The second-order valence-corrected chi connectivity index (χ2v) is 8.69. The molecule has 0 amide bonds. The Bertz CT molecular complexity index is 1100. The number of nitrogens with zero attached hydrogens (tertiary/aromatic N) is 7. The highest BCUT2D eigenvalue weighted by molar-refractivity contribution is 5.71. The molecule has 0 radical (unpaired) electrons. The Labute approximate surface area is 199 Å². The van der Waals surface area contributed by atoms with Crippen LogP contribution >= 0.6 is 0 Å². The molecular weight excluding hydrogens is 430 g/mol. The van der Waals surface area contributed by atoms with E-state index in [0.717, 1.165) is 32.7 Å². The molecule has 0 spiro atoms. The summed E-state index contributed by atoms with van der Waals surface area (Å²) in [6, 6.07) is 20.6. The normalized spacial score (nSPS) is 17.1. The molecule has 34 heavy (non-hydrogen) atoms. The highest BCUT2D eigenvalue weighted by atomic mass is 16.6. The van der Waals surface area contributed by atoms with E-state index in [4.69, 9.17) is 0 Å². The Morgan fingerprint density at radius 2 is 1.21 bits per heavy atom. The van der Waals surface area contributed by atoms with Gasteiger partial charge < -0.3 is 14.7 Å². The molecule has 0 aliphatic carbocycles. The number of hydrogen-bond donors (Lipinski definition) is 0. The lowest BCUT2D eigenvalue weighted by atomic mass is 10.2. The monoisotopic (exact) mass is 459 g/mol. The Morgan fingerprint density at radius 1 is 0.706 bits per heavy atom. The van der Waals surface area contributed by atoms with Crippen LogP contribution in [0.3, 0.4) is 0 Å². The van der Waals surface area contributed by atoms with Gasteiger partial charge in [0.05, 0.1) is 4.92 Å². The lowest BCUT2D eigenvalue weighted by Crippen LogP contribution is -2.48. The maximum Gasteiger partial charge on any atom is 0.353 e. The quantitative estimate of drug-likeness (QED) is 0.411. The van der Waals surface area contributed by atoms with Crippen molar-refractivity contribution in [3.8, 4) is 0 Å². The number of nitro groups is 1. The zero-order valence-corrected chi connectivity index (χ0v) is 19.2. The fraction of sp³-hybridized carbons (Fsp3) is 0.360. The van der Waals surface area contributed by atoms with Crippen molar-refractivity contribution in [2.45, 2.75) is 6.54 Å². The van der Waals surface area contributed by atoms with Crippen LogP contribution in [-0.4, -0.2) is 72.1 Å². The molecule has 2 aliphatic rings. The van der Waals surface area contributed by atoms with Gasteiger partial charge in [-0.25, -0.2) is 9.97 Å². The number of hydrogen-bond acceptors (Lipinski definition) is 8. The number of para-hydroxylation sites is 1. The molecule has 0 N–H and O–H groups in total. The summed E-state index contributed by atoms with van der Waals surface area (Å²) in [5.74, 6) is 0.856. The Kier molecular flexibility index (Phi) is 6.53. The van der Waals surface area contributed by atoms with E-state index in [1.165, 1.54) is 17.6 Å². The van der Waals surface area contributed by atoms with Gasteiger partial charge in [-0.3, -0.25) is 15.0 Å². The van der Waals surface area contributed by atoms with Gasteiger partial charge in [0, 0.05) is 64.6 Å². The van der Waals surface area contributed by atoms with Crippen LogP contribution in [0.15, 0.2) is 67.0 Å². The fourth-order valence-corrected chi connectivity index (χ4v) is 4.76. The van der Waals surface area contributed by atoms with Gasteiger partial charge in [-0.05, 0) is 17.7 Å². The van der Waals surface area contributed by atoms with Crippen molar-refractivity contribution >= 4 is 23.0 Å². The zero-order chi connectivity index (χ0) is 23.3. The van der Waals surface area contributed by atoms with Crippen LogP contribution in [-0.2, 0) is 6.54 Å². The fourth-order valence-electron chi connectivity index (χ4n) is 4.76. The molecule has 9 heteroatoms. The van der Waals surface area contributed by atoms with E-state index in [0.29, 0.717) is 37.8 Å². The highest BCUT2D eigenvalue weighted by Gasteiger charge is 2.32. The minimum atomic E-state index is -0.315. The van der Waals surface area contributed by atoms with E-state index >= 15 is 0 Å². The summed E-state index contributed by atoms with van der Waals surface area (Å²) < 4.78 is 0. The van der Waals surface area contributed by atoms with Crippen LogP contribution < -0.4 is 14.7 Å². The molecule has 2 fully saturated rings. The van der Waals surface area contributed by atoms with E-state index in [-0.39, 0.29) is 10.6 Å². The summed E-state index contributed by atoms with van der Waals surface area (Å²) in [7, 11) is 0. The van der Waals surface area contributed by atoms with Crippen LogP contribution in [0.4, 0.5) is 23.0 Å². The van der Waals surface area contributed by atoms with Crippen molar-refractivity contribution in [1.29, 1.82) is 0 Å². The minimum absolute atomic E-state index is 0.0205. The predicted molar refractivity (Wildman–Crippen MR) is 133 cm³/mol. The highest BCUT2D eigenvalue weighted by Crippen LogP contribution is 2.35.